The summed E-state index contributed by atoms with van der Waals surface area (Å²) in [7, 11) is 1.56. The Hall–Kier alpha value is -2.47. The van der Waals surface area contributed by atoms with Crippen molar-refractivity contribution in [2.75, 3.05) is 12.9 Å². The van der Waals surface area contributed by atoms with Gasteiger partial charge in [0.2, 0.25) is 5.91 Å². The van der Waals surface area contributed by atoms with E-state index in [1.165, 1.54) is 5.56 Å². The second kappa shape index (κ2) is 8.05. The van der Waals surface area contributed by atoms with Crippen LogP contribution in [-0.2, 0) is 21.5 Å². The Balaban J connectivity index is 1.91. The van der Waals surface area contributed by atoms with Gasteiger partial charge in [0.1, 0.15) is 11.0 Å². The number of amides is 1. The molecule has 2 aromatic rings. The zero-order valence-electron chi connectivity index (χ0n) is 15.4. The maximum atomic E-state index is 13.1. The number of carboxylic acid groups (broad SMARTS) is 1. The lowest BCUT2D eigenvalue weighted by Crippen LogP contribution is -2.47. The number of carbonyl (C=O) groups excluding carboxylic acids is 1. The Morgan fingerprint density at radius 1 is 1.26 bits per heavy atom. The highest BCUT2D eigenvalue weighted by Gasteiger charge is 2.36. The number of benzene rings is 2. The highest BCUT2D eigenvalue weighted by atomic mass is 32.2. The molecule has 3 rings (SSSR count). The standard InChI is InChI=1S/C21H23NO4S/c1-21(13-18(23)24,15-7-5-8-16(12-15)26-2)22-20(25)19-17-9-4-3-6-14(17)10-11-27-19/h3-9,12,19H,10-11,13H2,1-2H3,(H,22,25)(H,23,24). The average molecular weight is 385 g/mol. The molecule has 1 aliphatic rings. The Morgan fingerprint density at radius 2 is 2.04 bits per heavy atom. The molecular weight excluding hydrogens is 362 g/mol. The Labute approximate surface area is 163 Å². The maximum Gasteiger partial charge on any atom is 0.306 e. The first-order valence-electron chi connectivity index (χ1n) is 8.81. The molecule has 0 radical (unpaired) electrons. The zero-order chi connectivity index (χ0) is 19.4. The van der Waals surface area contributed by atoms with E-state index in [0.29, 0.717) is 11.3 Å². The van der Waals surface area contributed by atoms with Crippen LogP contribution in [0.4, 0.5) is 0 Å². The van der Waals surface area contributed by atoms with Gasteiger partial charge >= 0.3 is 5.97 Å². The smallest absolute Gasteiger partial charge is 0.306 e. The van der Waals surface area contributed by atoms with E-state index in [-0.39, 0.29) is 17.6 Å². The Bertz CT molecular complexity index is 854. The molecule has 0 bridgehead atoms. The van der Waals surface area contributed by atoms with Gasteiger partial charge in [0.25, 0.3) is 0 Å². The summed E-state index contributed by atoms with van der Waals surface area (Å²) in [6.45, 7) is 1.74. The van der Waals surface area contributed by atoms with Crippen molar-refractivity contribution in [2.24, 2.45) is 0 Å². The van der Waals surface area contributed by atoms with Crippen molar-refractivity contribution in [1.82, 2.24) is 5.32 Å². The van der Waals surface area contributed by atoms with Crippen LogP contribution in [0.25, 0.3) is 0 Å². The van der Waals surface area contributed by atoms with Crippen LogP contribution in [0.1, 0.15) is 35.3 Å². The van der Waals surface area contributed by atoms with Crippen LogP contribution < -0.4 is 10.1 Å². The maximum absolute atomic E-state index is 13.1. The molecule has 5 nitrogen and oxygen atoms in total. The van der Waals surface area contributed by atoms with Crippen molar-refractivity contribution >= 4 is 23.6 Å². The van der Waals surface area contributed by atoms with E-state index in [0.717, 1.165) is 17.7 Å². The van der Waals surface area contributed by atoms with Crippen LogP contribution in [0.2, 0.25) is 0 Å². The van der Waals surface area contributed by atoms with Crippen LogP contribution in [0.15, 0.2) is 48.5 Å². The number of fused-ring (bicyclic) bond motifs is 1. The summed E-state index contributed by atoms with van der Waals surface area (Å²) >= 11 is 1.59. The van der Waals surface area contributed by atoms with E-state index in [2.05, 4.69) is 5.32 Å². The number of thioether (sulfide) groups is 1. The third-order valence-electron chi connectivity index (χ3n) is 4.84. The van der Waals surface area contributed by atoms with Crippen molar-refractivity contribution in [1.29, 1.82) is 0 Å². The number of aliphatic carboxylic acids is 1. The lowest BCUT2D eigenvalue weighted by molar-refractivity contribution is -0.139. The summed E-state index contributed by atoms with van der Waals surface area (Å²) in [5, 5.41) is 12.1. The SMILES string of the molecule is COc1cccc(C(C)(CC(=O)O)NC(=O)C2SCCc3ccccc32)c1. The van der Waals surface area contributed by atoms with Gasteiger partial charge in [-0.2, -0.15) is 0 Å². The number of carboxylic acids is 1. The summed E-state index contributed by atoms with van der Waals surface area (Å²) in [5.41, 5.74) is 1.85. The monoisotopic (exact) mass is 385 g/mol. The largest absolute Gasteiger partial charge is 0.497 e. The summed E-state index contributed by atoms with van der Waals surface area (Å²) in [6, 6.07) is 15.1. The third-order valence-corrected chi connectivity index (χ3v) is 6.08. The first-order chi connectivity index (χ1) is 12.9. The highest BCUT2D eigenvalue weighted by Crippen LogP contribution is 2.38. The predicted molar refractivity (Wildman–Crippen MR) is 106 cm³/mol. The molecular formula is C21H23NO4S. The second-order valence-corrected chi connectivity index (χ2v) is 8.04. The quantitative estimate of drug-likeness (QED) is 0.796. The molecule has 0 fully saturated rings. The fourth-order valence-electron chi connectivity index (χ4n) is 3.44. The van der Waals surface area contributed by atoms with Crippen LogP contribution in [0.5, 0.6) is 5.75 Å². The molecule has 0 saturated carbocycles. The number of ether oxygens (including phenoxy) is 1. The van der Waals surface area contributed by atoms with E-state index < -0.39 is 11.5 Å². The minimum atomic E-state index is -1.04. The van der Waals surface area contributed by atoms with E-state index in [4.69, 9.17) is 4.74 Å². The number of rotatable bonds is 6. The van der Waals surface area contributed by atoms with Gasteiger partial charge in [0, 0.05) is 0 Å². The molecule has 1 aliphatic heterocycles. The molecule has 27 heavy (non-hydrogen) atoms. The Kier molecular flexibility index (Phi) is 5.75. The molecule has 1 heterocycles. The molecule has 0 aromatic heterocycles. The fourth-order valence-corrected chi connectivity index (χ4v) is 4.63. The lowest BCUT2D eigenvalue weighted by Gasteiger charge is -2.33. The minimum Gasteiger partial charge on any atom is -0.497 e. The Morgan fingerprint density at radius 3 is 2.78 bits per heavy atom. The molecule has 0 saturated heterocycles. The van der Waals surface area contributed by atoms with Gasteiger partial charge in [0.05, 0.1) is 19.1 Å². The van der Waals surface area contributed by atoms with Gasteiger partial charge in [-0.05, 0) is 47.9 Å². The van der Waals surface area contributed by atoms with Crippen LogP contribution in [-0.4, -0.2) is 29.8 Å². The van der Waals surface area contributed by atoms with Gasteiger partial charge in [-0.1, -0.05) is 36.4 Å². The van der Waals surface area contributed by atoms with Gasteiger partial charge in [-0.25, -0.2) is 0 Å². The number of aryl methyl sites for hydroxylation is 1. The zero-order valence-corrected chi connectivity index (χ0v) is 16.2. The van der Waals surface area contributed by atoms with Crippen molar-refractivity contribution in [3.63, 3.8) is 0 Å². The average Bonchev–Trinajstić information content (AvgIpc) is 2.66. The first kappa shape index (κ1) is 19.3. The number of carbonyl (C=O) groups is 2. The van der Waals surface area contributed by atoms with Crippen molar-refractivity contribution in [2.45, 2.75) is 30.6 Å². The van der Waals surface area contributed by atoms with Crippen molar-refractivity contribution < 1.29 is 19.4 Å². The predicted octanol–water partition coefficient (Wildman–Crippen LogP) is 3.53. The molecule has 2 N–H and O–H groups in total. The number of hydrogen-bond donors (Lipinski definition) is 2. The lowest BCUT2D eigenvalue weighted by atomic mass is 9.87. The molecule has 0 spiro atoms. The van der Waals surface area contributed by atoms with Gasteiger partial charge in [-0.15, -0.1) is 11.8 Å². The number of nitrogens with one attached hydrogen (secondary N) is 1. The summed E-state index contributed by atoms with van der Waals surface area (Å²) in [5.74, 6) is 0.343. The molecule has 2 unspecified atom stereocenters. The normalized spacial score (nSPS) is 18.1. The third kappa shape index (κ3) is 4.27. The fraction of sp³-hybridized carbons (Fsp3) is 0.333. The van der Waals surface area contributed by atoms with Gasteiger partial charge in [-0.3, -0.25) is 9.59 Å². The number of methoxy groups -OCH3 is 1. The second-order valence-electron chi connectivity index (χ2n) is 6.82. The molecule has 1 amide bonds. The topological polar surface area (TPSA) is 75.6 Å². The van der Waals surface area contributed by atoms with Crippen molar-refractivity contribution in [3.8, 4) is 5.75 Å². The van der Waals surface area contributed by atoms with E-state index in [1.54, 1.807) is 44.0 Å². The highest BCUT2D eigenvalue weighted by molar-refractivity contribution is 8.00. The van der Waals surface area contributed by atoms with Crippen molar-refractivity contribution in [3.05, 3.63) is 65.2 Å². The summed E-state index contributed by atoms with van der Waals surface area (Å²) in [6.07, 6.45) is 0.720. The molecule has 0 aliphatic carbocycles. The summed E-state index contributed by atoms with van der Waals surface area (Å²) in [4.78, 5) is 24.6. The molecule has 142 valence electrons. The minimum absolute atomic E-state index is 0.168. The van der Waals surface area contributed by atoms with Gasteiger partial charge < -0.3 is 15.2 Å². The van der Waals surface area contributed by atoms with Crippen LogP contribution >= 0.6 is 11.8 Å². The van der Waals surface area contributed by atoms with Crippen LogP contribution in [0.3, 0.4) is 0 Å². The number of hydrogen-bond acceptors (Lipinski definition) is 4. The first-order valence-corrected chi connectivity index (χ1v) is 9.85. The molecule has 6 heteroatoms. The van der Waals surface area contributed by atoms with Crippen LogP contribution in [0, 0.1) is 0 Å². The van der Waals surface area contributed by atoms with E-state index in [1.807, 2.05) is 30.3 Å². The molecule has 2 atom stereocenters. The molecule has 2 aromatic carbocycles. The van der Waals surface area contributed by atoms with E-state index >= 15 is 0 Å². The van der Waals surface area contributed by atoms with E-state index in [9.17, 15) is 14.7 Å². The summed E-state index contributed by atoms with van der Waals surface area (Å²) < 4.78 is 5.26. The van der Waals surface area contributed by atoms with Gasteiger partial charge in [0.15, 0.2) is 0 Å².